The highest BCUT2D eigenvalue weighted by molar-refractivity contribution is 5.43. The van der Waals surface area contributed by atoms with Crippen LogP contribution >= 0.6 is 0 Å². The molecule has 1 aromatic carbocycles. The predicted octanol–water partition coefficient (Wildman–Crippen LogP) is 3.56. The Morgan fingerprint density at radius 3 is 2.78 bits per heavy atom. The lowest BCUT2D eigenvalue weighted by Crippen LogP contribution is -2.14. The molecule has 0 aromatic heterocycles. The summed E-state index contributed by atoms with van der Waals surface area (Å²) in [6.45, 7) is 9.48. The molecule has 1 aliphatic rings. The number of hydrogen-bond donors (Lipinski definition) is 1. The lowest BCUT2D eigenvalue weighted by molar-refractivity contribution is 0.337. The summed E-state index contributed by atoms with van der Waals surface area (Å²) in [5.41, 5.74) is 4.19. The molecule has 1 aromatic rings. The molecule has 2 rings (SSSR count). The van der Waals surface area contributed by atoms with Crippen molar-refractivity contribution in [3.63, 3.8) is 0 Å². The average molecular weight is 247 g/mol. The topological polar surface area (TPSA) is 21.3 Å². The van der Waals surface area contributed by atoms with Crippen molar-refractivity contribution in [1.82, 2.24) is 5.32 Å². The van der Waals surface area contributed by atoms with E-state index in [1.165, 1.54) is 42.5 Å². The molecule has 0 bridgehead atoms. The standard InChI is InChI=1S/C16H25NO/c1-4-18-16-11-12(2)15(10-13(16)3)14-6-5-8-17-9-7-14/h10-11,14,17H,4-9H2,1-3H3. The molecule has 1 N–H and O–H groups in total. The van der Waals surface area contributed by atoms with Gasteiger partial charge in [0, 0.05) is 0 Å². The van der Waals surface area contributed by atoms with Crippen LogP contribution in [0.3, 0.4) is 0 Å². The Morgan fingerprint density at radius 2 is 2.00 bits per heavy atom. The first-order valence-corrected chi connectivity index (χ1v) is 7.17. The molecule has 1 fully saturated rings. The van der Waals surface area contributed by atoms with Crippen molar-refractivity contribution in [3.8, 4) is 5.75 Å². The molecule has 1 aliphatic heterocycles. The minimum atomic E-state index is 0.717. The molecule has 0 radical (unpaired) electrons. The van der Waals surface area contributed by atoms with E-state index in [-0.39, 0.29) is 0 Å². The third-order valence-corrected chi connectivity index (χ3v) is 3.88. The van der Waals surface area contributed by atoms with Crippen molar-refractivity contribution < 1.29 is 4.74 Å². The summed E-state index contributed by atoms with van der Waals surface area (Å²) in [5, 5.41) is 3.49. The minimum absolute atomic E-state index is 0.717. The molecule has 1 saturated heterocycles. The van der Waals surface area contributed by atoms with Gasteiger partial charge in [-0.3, -0.25) is 0 Å². The molecule has 1 heterocycles. The fraction of sp³-hybridized carbons (Fsp3) is 0.625. The van der Waals surface area contributed by atoms with E-state index in [1.807, 2.05) is 6.92 Å². The van der Waals surface area contributed by atoms with Gasteiger partial charge in [0.05, 0.1) is 6.61 Å². The number of ether oxygens (including phenoxy) is 1. The SMILES string of the molecule is CCOc1cc(C)c(C2CCCNCC2)cc1C. The normalized spacial score (nSPS) is 20.5. The van der Waals surface area contributed by atoms with E-state index in [2.05, 4.69) is 31.3 Å². The van der Waals surface area contributed by atoms with E-state index in [1.54, 1.807) is 0 Å². The van der Waals surface area contributed by atoms with E-state index < -0.39 is 0 Å². The second kappa shape index (κ2) is 6.24. The van der Waals surface area contributed by atoms with Gasteiger partial charge in [0.15, 0.2) is 0 Å². The number of aryl methyl sites for hydroxylation is 2. The fourth-order valence-electron chi connectivity index (χ4n) is 2.89. The van der Waals surface area contributed by atoms with E-state index in [0.29, 0.717) is 0 Å². The van der Waals surface area contributed by atoms with Crippen molar-refractivity contribution in [1.29, 1.82) is 0 Å². The smallest absolute Gasteiger partial charge is 0.122 e. The van der Waals surface area contributed by atoms with Crippen LogP contribution < -0.4 is 10.1 Å². The Hall–Kier alpha value is -1.02. The van der Waals surface area contributed by atoms with E-state index in [9.17, 15) is 0 Å². The molecule has 2 nitrogen and oxygen atoms in total. The summed E-state index contributed by atoms with van der Waals surface area (Å²) in [6, 6.07) is 4.56. The summed E-state index contributed by atoms with van der Waals surface area (Å²) in [6.07, 6.45) is 3.85. The van der Waals surface area contributed by atoms with Gasteiger partial charge in [0.25, 0.3) is 0 Å². The monoisotopic (exact) mass is 247 g/mol. The lowest BCUT2D eigenvalue weighted by Gasteiger charge is -2.19. The molecule has 0 amide bonds. The highest BCUT2D eigenvalue weighted by Gasteiger charge is 2.17. The lowest BCUT2D eigenvalue weighted by atomic mass is 9.88. The molecular weight excluding hydrogens is 222 g/mol. The highest BCUT2D eigenvalue weighted by atomic mass is 16.5. The van der Waals surface area contributed by atoms with E-state index in [4.69, 9.17) is 4.74 Å². The van der Waals surface area contributed by atoms with Crippen LogP contribution in [0.2, 0.25) is 0 Å². The second-order valence-electron chi connectivity index (χ2n) is 5.29. The van der Waals surface area contributed by atoms with Crippen molar-refractivity contribution >= 4 is 0 Å². The van der Waals surface area contributed by atoms with Crippen LogP contribution in [0.15, 0.2) is 12.1 Å². The summed E-state index contributed by atoms with van der Waals surface area (Å²) in [5.74, 6) is 1.76. The maximum atomic E-state index is 5.67. The summed E-state index contributed by atoms with van der Waals surface area (Å²) in [4.78, 5) is 0. The van der Waals surface area contributed by atoms with Crippen molar-refractivity contribution in [2.24, 2.45) is 0 Å². The molecular formula is C16H25NO. The Morgan fingerprint density at radius 1 is 1.17 bits per heavy atom. The van der Waals surface area contributed by atoms with Crippen LogP contribution in [0, 0.1) is 13.8 Å². The van der Waals surface area contributed by atoms with Crippen molar-refractivity contribution in [2.45, 2.75) is 46.0 Å². The first-order valence-electron chi connectivity index (χ1n) is 7.17. The molecule has 0 aliphatic carbocycles. The molecule has 1 unspecified atom stereocenters. The first-order chi connectivity index (χ1) is 8.72. The summed E-state index contributed by atoms with van der Waals surface area (Å²) >= 11 is 0. The first kappa shape index (κ1) is 13.4. The molecule has 1 atom stereocenters. The largest absolute Gasteiger partial charge is 0.494 e. The summed E-state index contributed by atoms with van der Waals surface area (Å²) in [7, 11) is 0. The average Bonchev–Trinajstić information content (AvgIpc) is 2.62. The zero-order valence-electron chi connectivity index (χ0n) is 11.9. The van der Waals surface area contributed by atoms with Crippen LogP contribution in [0.5, 0.6) is 5.75 Å². The zero-order chi connectivity index (χ0) is 13.0. The van der Waals surface area contributed by atoms with Crippen LogP contribution in [-0.4, -0.2) is 19.7 Å². The van der Waals surface area contributed by atoms with Gasteiger partial charge in [-0.1, -0.05) is 6.07 Å². The van der Waals surface area contributed by atoms with E-state index >= 15 is 0 Å². The molecule has 18 heavy (non-hydrogen) atoms. The maximum absolute atomic E-state index is 5.67. The van der Waals surface area contributed by atoms with Gasteiger partial charge in [0.2, 0.25) is 0 Å². The molecule has 0 saturated carbocycles. The van der Waals surface area contributed by atoms with Gasteiger partial charge in [0.1, 0.15) is 5.75 Å². The second-order valence-corrected chi connectivity index (χ2v) is 5.29. The highest BCUT2D eigenvalue weighted by Crippen LogP contribution is 2.32. The molecule has 0 spiro atoms. The third kappa shape index (κ3) is 3.05. The number of rotatable bonds is 3. The van der Waals surface area contributed by atoms with Gasteiger partial charge in [-0.2, -0.15) is 0 Å². The van der Waals surface area contributed by atoms with Gasteiger partial charge in [-0.05, 0) is 81.8 Å². The van der Waals surface area contributed by atoms with Gasteiger partial charge < -0.3 is 10.1 Å². The summed E-state index contributed by atoms with van der Waals surface area (Å²) < 4.78 is 5.67. The Kier molecular flexibility index (Phi) is 4.65. The Balaban J connectivity index is 2.24. The number of hydrogen-bond acceptors (Lipinski definition) is 2. The maximum Gasteiger partial charge on any atom is 0.122 e. The Labute approximate surface area is 111 Å². The quantitative estimate of drug-likeness (QED) is 0.882. The van der Waals surface area contributed by atoms with Gasteiger partial charge >= 0.3 is 0 Å². The van der Waals surface area contributed by atoms with E-state index in [0.717, 1.165) is 24.8 Å². The predicted molar refractivity (Wildman–Crippen MR) is 76.5 cm³/mol. The minimum Gasteiger partial charge on any atom is -0.494 e. The van der Waals surface area contributed by atoms with Crippen LogP contribution in [0.4, 0.5) is 0 Å². The van der Waals surface area contributed by atoms with Gasteiger partial charge in [-0.25, -0.2) is 0 Å². The van der Waals surface area contributed by atoms with Crippen LogP contribution in [0.1, 0.15) is 48.8 Å². The third-order valence-electron chi connectivity index (χ3n) is 3.88. The fourth-order valence-corrected chi connectivity index (χ4v) is 2.89. The number of benzene rings is 1. The Bertz CT molecular complexity index is 392. The van der Waals surface area contributed by atoms with Crippen molar-refractivity contribution in [3.05, 3.63) is 28.8 Å². The number of nitrogens with one attached hydrogen (secondary N) is 1. The van der Waals surface area contributed by atoms with Crippen LogP contribution in [-0.2, 0) is 0 Å². The molecule has 100 valence electrons. The van der Waals surface area contributed by atoms with Crippen molar-refractivity contribution in [2.75, 3.05) is 19.7 Å². The van der Waals surface area contributed by atoms with Gasteiger partial charge in [-0.15, -0.1) is 0 Å². The zero-order valence-corrected chi connectivity index (χ0v) is 11.9. The van der Waals surface area contributed by atoms with Crippen LogP contribution in [0.25, 0.3) is 0 Å². The molecule has 2 heteroatoms.